The van der Waals surface area contributed by atoms with Crippen molar-refractivity contribution in [1.29, 1.82) is 0 Å². The van der Waals surface area contributed by atoms with E-state index in [1.165, 1.54) is 0 Å². The van der Waals surface area contributed by atoms with Gasteiger partial charge < -0.3 is 10.5 Å². The lowest BCUT2D eigenvalue weighted by atomic mass is 10.2. The molecule has 0 amide bonds. The van der Waals surface area contributed by atoms with Crippen molar-refractivity contribution in [2.24, 2.45) is 5.73 Å². The van der Waals surface area contributed by atoms with E-state index >= 15 is 0 Å². The molecule has 0 aliphatic heterocycles. The third-order valence-corrected chi connectivity index (χ3v) is 4.72. The van der Waals surface area contributed by atoms with Crippen molar-refractivity contribution >= 4 is 38.2 Å². The molecule has 0 saturated carbocycles. The summed E-state index contributed by atoms with van der Waals surface area (Å²) in [6.07, 6.45) is 1.64. The van der Waals surface area contributed by atoms with E-state index in [0.717, 1.165) is 25.3 Å². The highest BCUT2D eigenvalue weighted by atomic mass is 79.9. The van der Waals surface area contributed by atoms with Crippen LogP contribution in [0.3, 0.4) is 0 Å². The first kappa shape index (κ1) is 13.5. The molecule has 0 spiro atoms. The van der Waals surface area contributed by atoms with E-state index in [1.54, 1.807) is 17.5 Å². The van der Waals surface area contributed by atoms with Gasteiger partial charge >= 0.3 is 0 Å². The Labute approximate surface area is 129 Å². The summed E-state index contributed by atoms with van der Waals surface area (Å²) < 4.78 is 7.18. The van der Waals surface area contributed by atoms with E-state index in [2.05, 4.69) is 20.9 Å². The number of hydrogen-bond donors (Lipinski definition) is 1. The first-order valence-electron chi connectivity index (χ1n) is 6.23. The Hall–Kier alpha value is -1.43. The van der Waals surface area contributed by atoms with Gasteiger partial charge in [-0.2, -0.15) is 0 Å². The summed E-state index contributed by atoms with van der Waals surface area (Å²) in [6.45, 7) is 0.434. The van der Waals surface area contributed by atoms with Crippen LogP contribution in [-0.2, 0) is 0 Å². The quantitative estimate of drug-likeness (QED) is 0.770. The molecule has 5 heteroatoms. The molecular weight excluding hydrogens is 336 g/mol. The Morgan fingerprint density at radius 1 is 1.20 bits per heavy atom. The summed E-state index contributed by atoms with van der Waals surface area (Å²) in [6, 6.07) is 13.8. The Morgan fingerprint density at radius 3 is 2.85 bits per heavy atom. The number of ether oxygens (including phenoxy) is 1. The lowest BCUT2D eigenvalue weighted by Crippen LogP contribution is -2.17. The molecule has 0 aliphatic rings. The number of nitrogens with two attached hydrogens (primary N) is 1. The van der Waals surface area contributed by atoms with Crippen LogP contribution in [-0.4, -0.2) is 11.5 Å². The number of pyridine rings is 1. The van der Waals surface area contributed by atoms with Crippen LogP contribution in [0.4, 0.5) is 0 Å². The van der Waals surface area contributed by atoms with Crippen molar-refractivity contribution in [2.75, 3.05) is 6.54 Å². The maximum atomic E-state index is 6.10. The number of nitrogens with zero attached hydrogens (tertiary/aromatic N) is 1. The van der Waals surface area contributed by atoms with Crippen LogP contribution >= 0.6 is 27.3 Å². The van der Waals surface area contributed by atoms with Crippen LogP contribution in [0.15, 0.2) is 52.4 Å². The van der Waals surface area contributed by atoms with Crippen molar-refractivity contribution in [1.82, 2.24) is 4.98 Å². The summed E-state index contributed by atoms with van der Waals surface area (Å²) in [4.78, 5) is 5.45. The highest BCUT2D eigenvalue weighted by molar-refractivity contribution is 9.11. The molecule has 3 aromatic rings. The van der Waals surface area contributed by atoms with E-state index < -0.39 is 0 Å². The molecule has 1 aromatic carbocycles. The van der Waals surface area contributed by atoms with Gasteiger partial charge in [0, 0.05) is 23.0 Å². The van der Waals surface area contributed by atoms with Gasteiger partial charge in [-0.15, -0.1) is 11.3 Å². The van der Waals surface area contributed by atoms with Crippen LogP contribution < -0.4 is 10.5 Å². The zero-order valence-electron chi connectivity index (χ0n) is 10.6. The Bertz CT molecular complexity index is 723. The smallest absolute Gasteiger partial charge is 0.145 e. The minimum absolute atomic E-state index is 0.142. The average molecular weight is 349 g/mol. The van der Waals surface area contributed by atoms with Crippen LogP contribution in [0.2, 0.25) is 0 Å². The number of aromatic nitrogens is 1. The van der Waals surface area contributed by atoms with E-state index in [1.807, 2.05) is 42.5 Å². The SMILES string of the molecule is NCC(Oc1cccc2ncccc12)c1ccc(Br)s1. The largest absolute Gasteiger partial charge is 0.483 e. The van der Waals surface area contributed by atoms with Crippen LogP contribution in [0, 0.1) is 0 Å². The van der Waals surface area contributed by atoms with Gasteiger partial charge in [-0.05, 0) is 52.3 Å². The van der Waals surface area contributed by atoms with Gasteiger partial charge in [-0.25, -0.2) is 0 Å². The van der Waals surface area contributed by atoms with Gasteiger partial charge in [0.25, 0.3) is 0 Å². The van der Waals surface area contributed by atoms with Crippen LogP contribution in [0.1, 0.15) is 11.0 Å². The van der Waals surface area contributed by atoms with Crippen molar-refractivity contribution in [3.8, 4) is 5.75 Å². The minimum Gasteiger partial charge on any atom is -0.483 e. The van der Waals surface area contributed by atoms with Crippen molar-refractivity contribution in [3.63, 3.8) is 0 Å². The standard InChI is InChI=1S/C15H13BrN2OS/c16-15-7-6-14(20-15)13(9-17)19-12-5-1-4-11-10(12)3-2-8-18-11/h1-8,13H,9,17H2. The summed E-state index contributed by atoms with van der Waals surface area (Å²) in [7, 11) is 0. The monoisotopic (exact) mass is 348 g/mol. The van der Waals surface area contributed by atoms with Crippen LogP contribution in [0.25, 0.3) is 10.9 Å². The maximum Gasteiger partial charge on any atom is 0.145 e. The molecule has 0 saturated heterocycles. The number of rotatable bonds is 4. The average Bonchev–Trinajstić information content (AvgIpc) is 2.91. The zero-order chi connectivity index (χ0) is 13.9. The fraction of sp³-hybridized carbons (Fsp3) is 0.133. The van der Waals surface area contributed by atoms with E-state index in [0.29, 0.717) is 6.54 Å². The number of halogens is 1. The van der Waals surface area contributed by atoms with Gasteiger partial charge in [0.15, 0.2) is 0 Å². The summed E-state index contributed by atoms with van der Waals surface area (Å²) in [5.74, 6) is 0.815. The molecule has 0 radical (unpaired) electrons. The molecule has 0 aliphatic carbocycles. The summed E-state index contributed by atoms with van der Waals surface area (Å²) >= 11 is 5.11. The predicted octanol–water partition coefficient (Wildman–Crippen LogP) is 4.14. The normalized spacial score (nSPS) is 12.5. The Kier molecular flexibility index (Phi) is 4.00. The molecule has 1 atom stereocenters. The van der Waals surface area contributed by atoms with E-state index in [9.17, 15) is 0 Å². The maximum absolute atomic E-state index is 6.10. The third kappa shape index (κ3) is 2.70. The lowest BCUT2D eigenvalue weighted by molar-refractivity contribution is 0.221. The topological polar surface area (TPSA) is 48.1 Å². The molecule has 20 heavy (non-hydrogen) atoms. The van der Waals surface area contributed by atoms with Crippen molar-refractivity contribution in [3.05, 3.63) is 57.3 Å². The molecule has 3 rings (SSSR count). The highest BCUT2D eigenvalue weighted by Gasteiger charge is 2.15. The minimum atomic E-state index is -0.142. The molecule has 2 heterocycles. The van der Waals surface area contributed by atoms with E-state index in [4.69, 9.17) is 10.5 Å². The van der Waals surface area contributed by atoms with Gasteiger partial charge in [0.2, 0.25) is 0 Å². The number of thiophene rings is 1. The van der Waals surface area contributed by atoms with Gasteiger partial charge in [0.1, 0.15) is 11.9 Å². The first-order valence-corrected chi connectivity index (χ1v) is 7.84. The van der Waals surface area contributed by atoms with Gasteiger partial charge in [-0.1, -0.05) is 6.07 Å². The molecule has 0 bridgehead atoms. The number of benzene rings is 1. The van der Waals surface area contributed by atoms with Gasteiger partial charge in [0.05, 0.1) is 9.30 Å². The summed E-state index contributed by atoms with van der Waals surface area (Å²) in [5, 5.41) is 1.00. The molecule has 102 valence electrons. The second-order valence-corrected chi connectivity index (χ2v) is 6.80. The fourth-order valence-corrected chi connectivity index (χ4v) is 3.52. The molecular formula is C15H13BrN2OS. The number of hydrogen-bond acceptors (Lipinski definition) is 4. The molecule has 2 aromatic heterocycles. The fourth-order valence-electron chi connectivity index (χ4n) is 2.05. The van der Waals surface area contributed by atoms with Crippen molar-refractivity contribution in [2.45, 2.75) is 6.10 Å². The Morgan fingerprint density at radius 2 is 2.10 bits per heavy atom. The predicted molar refractivity (Wildman–Crippen MR) is 86.2 cm³/mol. The molecule has 2 N–H and O–H groups in total. The highest BCUT2D eigenvalue weighted by Crippen LogP contribution is 2.32. The first-order chi connectivity index (χ1) is 9.78. The zero-order valence-corrected chi connectivity index (χ0v) is 13.0. The lowest BCUT2D eigenvalue weighted by Gasteiger charge is -2.17. The molecule has 0 fully saturated rings. The van der Waals surface area contributed by atoms with Gasteiger partial charge in [-0.3, -0.25) is 4.98 Å². The molecule has 3 nitrogen and oxygen atoms in total. The van der Waals surface area contributed by atoms with Crippen LogP contribution in [0.5, 0.6) is 5.75 Å². The third-order valence-electron chi connectivity index (χ3n) is 3.00. The van der Waals surface area contributed by atoms with Crippen molar-refractivity contribution < 1.29 is 4.74 Å². The second kappa shape index (κ2) is 5.91. The number of fused-ring (bicyclic) bond motifs is 1. The Balaban J connectivity index is 1.95. The molecule has 1 unspecified atom stereocenters. The van der Waals surface area contributed by atoms with E-state index in [-0.39, 0.29) is 6.10 Å². The summed E-state index contributed by atoms with van der Waals surface area (Å²) in [5.41, 5.74) is 6.78. The second-order valence-electron chi connectivity index (χ2n) is 4.31.